The highest BCUT2D eigenvalue weighted by atomic mass is 79.9. The van der Waals surface area contributed by atoms with E-state index in [0.717, 1.165) is 23.9 Å². The van der Waals surface area contributed by atoms with E-state index < -0.39 is 0 Å². The number of halogens is 1. The molecule has 4 heteroatoms. The van der Waals surface area contributed by atoms with Crippen LogP contribution >= 0.6 is 15.9 Å². The lowest BCUT2D eigenvalue weighted by Gasteiger charge is -2.24. The third-order valence-electron chi connectivity index (χ3n) is 5.28. The van der Waals surface area contributed by atoms with Gasteiger partial charge in [-0.15, -0.1) is 0 Å². The van der Waals surface area contributed by atoms with Gasteiger partial charge in [-0.2, -0.15) is 0 Å². The van der Waals surface area contributed by atoms with Gasteiger partial charge in [0.25, 0.3) is 0 Å². The molecule has 0 radical (unpaired) electrons. The fraction of sp³-hybridized carbons (Fsp3) is 0.409. The van der Waals surface area contributed by atoms with Crippen molar-refractivity contribution in [1.82, 2.24) is 10.2 Å². The minimum absolute atomic E-state index is 0.129. The summed E-state index contributed by atoms with van der Waals surface area (Å²) < 4.78 is 1.09. The number of hydrogen-bond acceptors (Lipinski definition) is 2. The van der Waals surface area contributed by atoms with E-state index in [0.29, 0.717) is 0 Å². The maximum absolute atomic E-state index is 11.4. The molecule has 1 unspecified atom stereocenters. The molecule has 1 amide bonds. The molecule has 2 aromatic rings. The van der Waals surface area contributed by atoms with Gasteiger partial charge in [0.1, 0.15) is 0 Å². The smallest absolute Gasteiger partial charge is 0.223 e. The van der Waals surface area contributed by atoms with Crippen LogP contribution in [0.5, 0.6) is 0 Å². The highest BCUT2D eigenvalue weighted by Gasteiger charge is 2.26. The molecule has 2 aliphatic rings. The zero-order valence-corrected chi connectivity index (χ0v) is 17.4. The molecule has 1 N–H and O–H groups in total. The largest absolute Gasteiger partial charge is 0.359 e. The highest BCUT2D eigenvalue weighted by Crippen LogP contribution is 2.29. The molecule has 26 heavy (non-hydrogen) atoms. The fourth-order valence-electron chi connectivity index (χ4n) is 3.80. The van der Waals surface area contributed by atoms with Crippen LogP contribution in [0.15, 0.2) is 40.9 Å². The molecule has 0 saturated carbocycles. The van der Waals surface area contributed by atoms with Crippen molar-refractivity contribution >= 4 is 21.8 Å². The number of benzene rings is 2. The van der Waals surface area contributed by atoms with E-state index in [1.807, 2.05) is 6.07 Å². The molecule has 0 spiro atoms. The van der Waals surface area contributed by atoms with Crippen molar-refractivity contribution in [2.75, 3.05) is 20.6 Å². The van der Waals surface area contributed by atoms with Gasteiger partial charge in [-0.1, -0.05) is 45.8 Å². The van der Waals surface area contributed by atoms with Gasteiger partial charge in [0.15, 0.2) is 0 Å². The molecule has 3 nitrogen and oxygen atoms in total. The van der Waals surface area contributed by atoms with Crippen LogP contribution in [0.1, 0.15) is 27.8 Å². The van der Waals surface area contributed by atoms with Crippen LogP contribution in [0.3, 0.4) is 0 Å². The Morgan fingerprint density at radius 1 is 1.08 bits per heavy atom. The standard InChI is InChI=1S/C11H12BrNO.C11H15N/c1-13-11(14)9-4-7-2-3-10(12)6-8(7)5-9;1-9-3-4-11-8-12(2)6-5-10(11)7-9/h2-3,6,9H,4-5H2,1H3,(H,13,14);3-4,7H,5-6,8H2,1-2H3. The number of nitrogens with zero attached hydrogens (tertiary/aromatic N) is 1. The Hall–Kier alpha value is -1.65. The topological polar surface area (TPSA) is 32.3 Å². The molecular weight excluding hydrogens is 388 g/mol. The van der Waals surface area contributed by atoms with E-state index in [9.17, 15) is 4.79 Å². The van der Waals surface area contributed by atoms with Crippen LogP contribution in [0, 0.1) is 12.8 Å². The number of hydrogen-bond donors (Lipinski definition) is 1. The summed E-state index contributed by atoms with van der Waals surface area (Å²) in [7, 11) is 3.88. The van der Waals surface area contributed by atoms with E-state index in [4.69, 9.17) is 0 Å². The summed E-state index contributed by atoms with van der Waals surface area (Å²) in [5.41, 5.74) is 7.05. The second-order valence-corrected chi connectivity index (χ2v) is 8.31. The summed E-state index contributed by atoms with van der Waals surface area (Å²) in [6, 6.07) is 13.0. The van der Waals surface area contributed by atoms with Crippen molar-refractivity contribution in [2.24, 2.45) is 5.92 Å². The Morgan fingerprint density at radius 3 is 2.58 bits per heavy atom. The van der Waals surface area contributed by atoms with Crippen molar-refractivity contribution in [3.8, 4) is 0 Å². The number of amides is 1. The molecule has 1 heterocycles. The molecule has 2 aromatic carbocycles. The van der Waals surface area contributed by atoms with Crippen LogP contribution < -0.4 is 5.32 Å². The quantitative estimate of drug-likeness (QED) is 0.767. The molecule has 1 atom stereocenters. The number of likely N-dealkylation sites (N-methyl/N-ethyl adjacent to an activating group) is 1. The Morgan fingerprint density at radius 2 is 1.81 bits per heavy atom. The molecule has 1 aliphatic carbocycles. The zero-order chi connectivity index (χ0) is 18.7. The number of carbonyl (C=O) groups is 1. The van der Waals surface area contributed by atoms with Gasteiger partial charge in [-0.05, 0) is 67.6 Å². The number of carbonyl (C=O) groups excluding carboxylic acids is 1. The Bertz CT molecular complexity index is 803. The van der Waals surface area contributed by atoms with Gasteiger partial charge in [-0.25, -0.2) is 0 Å². The molecule has 1 aliphatic heterocycles. The Kier molecular flexibility index (Phi) is 6.15. The van der Waals surface area contributed by atoms with Crippen molar-refractivity contribution in [3.63, 3.8) is 0 Å². The van der Waals surface area contributed by atoms with Crippen molar-refractivity contribution in [1.29, 1.82) is 0 Å². The van der Waals surface area contributed by atoms with E-state index in [1.54, 1.807) is 12.6 Å². The molecule has 0 bridgehead atoms. The first-order chi connectivity index (χ1) is 12.5. The summed E-state index contributed by atoms with van der Waals surface area (Å²) in [6.45, 7) is 4.49. The second-order valence-electron chi connectivity index (χ2n) is 7.39. The van der Waals surface area contributed by atoms with Crippen LogP contribution in [0.4, 0.5) is 0 Å². The first-order valence-corrected chi connectivity index (χ1v) is 10.0. The van der Waals surface area contributed by atoms with E-state index in [-0.39, 0.29) is 11.8 Å². The van der Waals surface area contributed by atoms with Crippen molar-refractivity contribution in [3.05, 3.63) is 68.7 Å². The summed E-state index contributed by atoms with van der Waals surface area (Å²) >= 11 is 3.44. The lowest BCUT2D eigenvalue weighted by atomic mass is 9.98. The molecule has 0 saturated heterocycles. The van der Waals surface area contributed by atoms with Gasteiger partial charge >= 0.3 is 0 Å². The van der Waals surface area contributed by atoms with Gasteiger partial charge < -0.3 is 10.2 Å². The Labute approximate surface area is 164 Å². The van der Waals surface area contributed by atoms with Crippen molar-refractivity contribution in [2.45, 2.75) is 32.7 Å². The van der Waals surface area contributed by atoms with Crippen LogP contribution in [0.2, 0.25) is 0 Å². The maximum atomic E-state index is 11.4. The third kappa shape index (κ3) is 4.54. The van der Waals surface area contributed by atoms with Gasteiger partial charge in [-0.3, -0.25) is 4.79 Å². The number of rotatable bonds is 1. The lowest BCUT2D eigenvalue weighted by molar-refractivity contribution is -0.124. The average molecular weight is 415 g/mol. The monoisotopic (exact) mass is 414 g/mol. The van der Waals surface area contributed by atoms with E-state index >= 15 is 0 Å². The highest BCUT2D eigenvalue weighted by molar-refractivity contribution is 9.10. The minimum atomic E-state index is 0.129. The summed E-state index contributed by atoms with van der Waals surface area (Å²) in [6.07, 6.45) is 2.96. The van der Waals surface area contributed by atoms with E-state index in [2.05, 4.69) is 70.4 Å². The van der Waals surface area contributed by atoms with Crippen molar-refractivity contribution < 1.29 is 4.79 Å². The van der Waals surface area contributed by atoms with Crippen LogP contribution in [0.25, 0.3) is 0 Å². The summed E-state index contributed by atoms with van der Waals surface area (Å²) in [4.78, 5) is 13.8. The van der Waals surface area contributed by atoms with Gasteiger partial charge in [0.2, 0.25) is 5.91 Å². The van der Waals surface area contributed by atoms with Gasteiger partial charge in [0.05, 0.1) is 0 Å². The Balaban J connectivity index is 0.000000152. The first-order valence-electron chi connectivity index (χ1n) is 9.22. The number of aryl methyl sites for hydroxylation is 1. The minimum Gasteiger partial charge on any atom is -0.359 e. The summed E-state index contributed by atoms with van der Waals surface area (Å²) in [5, 5.41) is 2.71. The predicted molar refractivity (Wildman–Crippen MR) is 110 cm³/mol. The second kappa shape index (κ2) is 8.36. The SMILES string of the molecule is CNC(=O)C1Cc2ccc(Br)cc2C1.Cc1ccc2c(c1)CCN(C)C2. The van der Waals surface area contributed by atoms with E-state index in [1.165, 1.54) is 35.2 Å². The zero-order valence-electron chi connectivity index (χ0n) is 15.8. The fourth-order valence-corrected chi connectivity index (χ4v) is 4.21. The molecule has 0 fully saturated rings. The predicted octanol–water partition coefficient (Wildman–Crippen LogP) is 3.89. The third-order valence-corrected chi connectivity index (χ3v) is 5.78. The first kappa shape index (κ1) is 19.1. The van der Waals surface area contributed by atoms with Crippen LogP contribution in [-0.4, -0.2) is 31.4 Å². The molecular formula is C22H27BrN2O. The summed E-state index contributed by atoms with van der Waals surface area (Å²) in [5.74, 6) is 0.279. The number of nitrogens with one attached hydrogen (secondary N) is 1. The lowest BCUT2D eigenvalue weighted by Crippen LogP contribution is -2.27. The molecule has 138 valence electrons. The van der Waals surface area contributed by atoms with Gasteiger partial charge in [0, 0.05) is 30.5 Å². The normalized spacial score (nSPS) is 18.4. The number of fused-ring (bicyclic) bond motifs is 2. The van der Waals surface area contributed by atoms with Crippen LogP contribution in [-0.2, 0) is 30.6 Å². The maximum Gasteiger partial charge on any atom is 0.223 e. The molecule has 4 rings (SSSR count). The average Bonchev–Trinajstić information content (AvgIpc) is 3.05. The molecule has 0 aromatic heterocycles.